The van der Waals surface area contributed by atoms with Crippen molar-refractivity contribution in [2.24, 2.45) is 5.92 Å². The number of carbonyl (C=O) groups excluding carboxylic acids is 2. The largest absolute Gasteiger partial charge is 0.465 e. The highest BCUT2D eigenvalue weighted by Crippen LogP contribution is 2.26. The molecule has 1 amide bonds. The number of non-ortho nitro benzene ring substituents is 1. The summed E-state index contributed by atoms with van der Waals surface area (Å²) in [5.41, 5.74) is 0.0164. The zero-order valence-corrected chi connectivity index (χ0v) is 12.3. The molecular weight excluding hydrogens is 288 g/mol. The number of ether oxygens (including phenoxy) is 1. The van der Waals surface area contributed by atoms with Gasteiger partial charge in [0.25, 0.3) is 5.69 Å². The highest BCUT2D eigenvalue weighted by Gasteiger charge is 2.22. The lowest BCUT2D eigenvalue weighted by atomic mass is 9.88. The van der Waals surface area contributed by atoms with Crippen molar-refractivity contribution in [3.63, 3.8) is 0 Å². The van der Waals surface area contributed by atoms with E-state index in [1.165, 1.54) is 19.2 Å². The van der Waals surface area contributed by atoms with Crippen LogP contribution in [-0.2, 0) is 9.53 Å². The van der Waals surface area contributed by atoms with Crippen LogP contribution in [0.5, 0.6) is 0 Å². The van der Waals surface area contributed by atoms with Crippen LogP contribution in [0.4, 0.5) is 11.4 Å². The number of nitrogens with one attached hydrogen (secondary N) is 1. The summed E-state index contributed by atoms with van der Waals surface area (Å²) in [6, 6.07) is 3.76. The van der Waals surface area contributed by atoms with Gasteiger partial charge in [-0.15, -0.1) is 0 Å². The number of benzene rings is 1. The lowest BCUT2D eigenvalue weighted by molar-refractivity contribution is -0.384. The van der Waals surface area contributed by atoms with Gasteiger partial charge in [0, 0.05) is 23.7 Å². The number of anilines is 1. The van der Waals surface area contributed by atoms with Gasteiger partial charge in [-0.2, -0.15) is 0 Å². The lowest BCUT2D eigenvalue weighted by Gasteiger charge is -2.20. The van der Waals surface area contributed by atoms with E-state index in [1.54, 1.807) is 0 Å². The smallest absolute Gasteiger partial charge is 0.338 e. The zero-order chi connectivity index (χ0) is 16.1. The SMILES string of the molecule is COC(=O)c1cc(NC(=O)C2CCCCC2)cc([N+](=O)[O-])c1. The number of rotatable bonds is 4. The van der Waals surface area contributed by atoms with Gasteiger partial charge in [-0.25, -0.2) is 4.79 Å². The minimum Gasteiger partial charge on any atom is -0.465 e. The van der Waals surface area contributed by atoms with Crippen molar-refractivity contribution in [1.82, 2.24) is 0 Å². The number of amides is 1. The Morgan fingerprint density at radius 2 is 1.91 bits per heavy atom. The molecule has 118 valence electrons. The molecular formula is C15H18N2O5. The molecule has 0 heterocycles. The van der Waals surface area contributed by atoms with E-state index in [0.717, 1.165) is 38.2 Å². The van der Waals surface area contributed by atoms with Crippen molar-refractivity contribution >= 4 is 23.3 Å². The summed E-state index contributed by atoms with van der Waals surface area (Å²) >= 11 is 0. The molecule has 7 heteroatoms. The van der Waals surface area contributed by atoms with Crippen molar-refractivity contribution in [3.8, 4) is 0 Å². The first kappa shape index (κ1) is 15.9. The fraction of sp³-hybridized carbons (Fsp3) is 0.467. The van der Waals surface area contributed by atoms with E-state index in [4.69, 9.17) is 0 Å². The van der Waals surface area contributed by atoms with Gasteiger partial charge in [0.15, 0.2) is 0 Å². The average molecular weight is 306 g/mol. The summed E-state index contributed by atoms with van der Waals surface area (Å²) in [6.45, 7) is 0. The quantitative estimate of drug-likeness (QED) is 0.524. The van der Waals surface area contributed by atoms with E-state index in [2.05, 4.69) is 10.1 Å². The summed E-state index contributed by atoms with van der Waals surface area (Å²) in [5, 5.41) is 13.6. The fourth-order valence-corrected chi connectivity index (χ4v) is 2.63. The molecule has 0 bridgehead atoms. The molecule has 0 spiro atoms. The van der Waals surface area contributed by atoms with Crippen LogP contribution in [-0.4, -0.2) is 23.9 Å². The molecule has 1 fully saturated rings. The monoisotopic (exact) mass is 306 g/mol. The second kappa shape index (κ2) is 7.02. The van der Waals surface area contributed by atoms with Crippen molar-refractivity contribution in [2.75, 3.05) is 12.4 Å². The van der Waals surface area contributed by atoms with Crippen LogP contribution in [0, 0.1) is 16.0 Å². The Bertz CT molecular complexity index is 594. The zero-order valence-electron chi connectivity index (χ0n) is 12.3. The van der Waals surface area contributed by atoms with Crippen LogP contribution in [0.2, 0.25) is 0 Å². The van der Waals surface area contributed by atoms with E-state index >= 15 is 0 Å². The molecule has 0 saturated heterocycles. The van der Waals surface area contributed by atoms with Crippen LogP contribution in [0.15, 0.2) is 18.2 Å². The fourth-order valence-electron chi connectivity index (χ4n) is 2.63. The number of nitro groups is 1. The molecule has 1 aliphatic carbocycles. The average Bonchev–Trinajstić information content (AvgIpc) is 2.54. The Morgan fingerprint density at radius 1 is 1.23 bits per heavy atom. The van der Waals surface area contributed by atoms with Crippen LogP contribution in [0.1, 0.15) is 42.5 Å². The normalized spacial score (nSPS) is 15.1. The topological polar surface area (TPSA) is 98.5 Å². The third-order valence-electron chi connectivity index (χ3n) is 3.79. The molecule has 1 saturated carbocycles. The van der Waals surface area contributed by atoms with Gasteiger partial charge >= 0.3 is 5.97 Å². The molecule has 0 atom stereocenters. The number of nitro benzene ring substituents is 1. The van der Waals surface area contributed by atoms with Gasteiger partial charge in [-0.05, 0) is 18.9 Å². The van der Waals surface area contributed by atoms with Crippen molar-refractivity contribution in [2.45, 2.75) is 32.1 Å². The minimum absolute atomic E-state index is 0.0376. The molecule has 1 aromatic carbocycles. The highest BCUT2D eigenvalue weighted by atomic mass is 16.6. The molecule has 1 aromatic rings. The molecule has 1 N–H and O–H groups in total. The molecule has 0 unspecified atom stereocenters. The first-order chi connectivity index (χ1) is 10.5. The number of methoxy groups -OCH3 is 1. The number of hydrogen-bond acceptors (Lipinski definition) is 5. The van der Waals surface area contributed by atoms with Gasteiger partial charge in [0.2, 0.25) is 5.91 Å². The first-order valence-electron chi connectivity index (χ1n) is 7.20. The first-order valence-corrected chi connectivity index (χ1v) is 7.20. The van der Waals surface area contributed by atoms with E-state index < -0.39 is 10.9 Å². The van der Waals surface area contributed by atoms with Crippen LogP contribution < -0.4 is 5.32 Å². The van der Waals surface area contributed by atoms with Crippen LogP contribution in [0.25, 0.3) is 0 Å². The second-order valence-electron chi connectivity index (χ2n) is 5.34. The summed E-state index contributed by atoms with van der Waals surface area (Å²) in [5.74, 6) is -0.914. The summed E-state index contributed by atoms with van der Waals surface area (Å²) < 4.78 is 4.57. The lowest BCUT2D eigenvalue weighted by Crippen LogP contribution is -2.24. The number of esters is 1. The van der Waals surface area contributed by atoms with Gasteiger partial charge in [-0.3, -0.25) is 14.9 Å². The van der Waals surface area contributed by atoms with E-state index in [-0.39, 0.29) is 28.8 Å². The Kier molecular flexibility index (Phi) is 5.08. The number of carbonyl (C=O) groups is 2. The summed E-state index contributed by atoms with van der Waals surface area (Å²) in [4.78, 5) is 34.1. The predicted molar refractivity (Wildman–Crippen MR) is 79.6 cm³/mol. The second-order valence-corrected chi connectivity index (χ2v) is 5.34. The highest BCUT2D eigenvalue weighted by molar-refractivity contribution is 5.96. The van der Waals surface area contributed by atoms with Crippen molar-refractivity contribution in [1.29, 1.82) is 0 Å². The molecule has 1 aliphatic rings. The van der Waals surface area contributed by atoms with E-state index in [9.17, 15) is 19.7 Å². The Balaban J connectivity index is 2.21. The van der Waals surface area contributed by atoms with Gasteiger partial charge in [0.05, 0.1) is 17.6 Å². The molecule has 0 aromatic heterocycles. The van der Waals surface area contributed by atoms with Gasteiger partial charge in [-0.1, -0.05) is 19.3 Å². The number of hydrogen-bond donors (Lipinski definition) is 1. The third kappa shape index (κ3) is 3.81. The maximum atomic E-state index is 12.2. The Labute approximate surface area is 127 Å². The van der Waals surface area contributed by atoms with E-state index in [1.807, 2.05) is 0 Å². The number of nitrogens with zero attached hydrogens (tertiary/aromatic N) is 1. The van der Waals surface area contributed by atoms with Crippen LogP contribution >= 0.6 is 0 Å². The molecule has 0 aliphatic heterocycles. The maximum absolute atomic E-state index is 12.2. The third-order valence-corrected chi connectivity index (χ3v) is 3.79. The Morgan fingerprint density at radius 3 is 2.50 bits per heavy atom. The van der Waals surface area contributed by atoms with Crippen LogP contribution in [0.3, 0.4) is 0 Å². The van der Waals surface area contributed by atoms with Gasteiger partial charge < -0.3 is 10.1 Å². The molecule has 0 radical (unpaired) electrons. The molecule has 22 heavy (non-hydrogen) atoms. The Hall–Kier alpha value is -2.44. The minimum atomic E-state index is -0.683. The predicted octanol–water partition coefficient (Wildman–Crippen LogP) is 2.90. The maximum Gasteiger partial charge on any atom is 0.338 e. The van der Waals surface area contributed by atoms with E-state index in [0.29, 0.717) is 0 Å². The summed E-state index contributed by atoms with van der Waals surface area (Å²) in [7, 11) is 1.20. The summed E-state index contributed by atoms with van der Waals surface area (Å²) in [6.07, 6.45) is 4.81. The van der Waals surface area contributed by atoms with Crippen molar-refractivity contribution in [3.05, 3.63) is 33.9 Å². The molecule has 2 rings (SSSR count). The van der Waals surface area contributed by atoms with Crippen molar-refractivity contribution < 1.29 is 19.2 Å². The molecule has 7 nitrogen and oxygen atoms in total. The standard InChI is InChI=1S/C15H18N2O5/c1-22-15(19)11-7-12(9-13(8-11)17(20)21)16-14(18)10-5-3-2-4-6-10/h7-10H,2-6H2,1H3,(H,16,18). The van der Waals surface area contributed by atoms with Gasteiger partial charge in [0.1, 0.15) is 0 Å².